The van der Waals surface area contributed by atoms with Crippen molar-refractivity contribution >= 4 is 27.9 Å². The Balaban J connectivity index is 3.18. The predicted octanol–water partition coefficient (Wildman–Crippen LogP) is 2.19. The first-order valence-electron chi connectivity index (χ1n) is 9.67. The number of aliphatic carboxylic acids is 1. The van der Waals surface area contributed by atoms with Crippen LogP contribution in [0.5, 0.6) is 0 Å². The fourth-order valence-corrected chi connectivity index (χ4v) is 4.57. The molecule has 1 aromatic rings. The molecular formula is C21H31NO8S. The summed E-state index contributed by atoms with van der Waals surface area (Å²) in [7, 11) is -3.16. The number of rotatable bonds is 9. The zero-order valence-electron chi connectivity index (χ0n) is 18.7. The van der Waals surface area contributed by atoms with E-state index in [1.807, 2.05) is 0 Å². The largest absolute Gasteiger partial charge is 0.481 e. The van der Waals surface area contributed by atoms with Crippen LogP contribution < -0.4 is 5.32 Å². The van der Waals surface area contributed by atoms with Gasteiger partial charge in [-0.05, 0) is 46.6 Å². The van der Waals surface area contributed by atoms with Gasteiger partial charge in [-0.15, -0.1) is 0 Å². The molecule has 1 aromatic carbocycles. The Morgan fingerprint density at radius 1 is 1.06 bits per heavy atom. The number of nitrogens with one attached hydrogen (secondary N) is 1. The molecule has 1 amide bonds. The second-order valence-corrected chi connectivity index (χ2v) is 11.3. The normalized spacial score (nSPS) is 14.3. The number of alkyl carbamates (subject to hydrolysis) is 1. The SMILES string of the molecule is COC(=O)[C@@H](NC(=O)OC(C)(C)C)C(C)(C)S(=O)(=O)CC(Cc1ccccc1)C(=O)O. The second kappa shape index (κ2) is 10.1. The van der Waals surface area contributed by atoms with E-state index in [1.54, 1.807) is 51.1 Å². The van der Waals surface area contributed by atoms with E-state index in [0.717, 1.165) is 7.11 Å². The quantitative estimate of drug-likeness (QED) is 0.539. The van der Waals surface area contributed by atoms with Gasteiger partial charge in [-0.25, -0.2) is 18.0 Å². The standard InChI is InChI=1S/C21H31NO8S/c1-20(2,3)30-19(26)22-16(18(25)29-6)21(4,5)31(27,28)13-15(17(23)24)12-14-10-8-7-9-11-14/h7-11,15-16H,12-13H2,1-6H3,(H,22,26)(H,23,24)/t15?,16-/m1/s1. The molecule has 2 N–H and O–H groups in total. The number of hydrogen-bond donors (Lipinski definition) is 2. The predicted molar refractivity (Wildman–Crippen MR) is 114 cm³/mol. The van der Waals surface area contributed by atoms with Gasteiger partial charge in [-0.3, -0.25) is 4.79 Å². The Labute approximate surface area is 183 Å². The van der Waals surface area contributed by atoms with Crippen LogP contribution >= 0.6 is 0 Å². The number of carbonyl (C=O) groups excluding carboxylic acids is 2. The molecule has 0 bridgehead atoms. The molecule has 1 unspecified atom stereocenters. The fourth-order valence-electron chi connectivity index (χ4n) is 2.84. The van der Waals surface area contributed by atoms with Gasteiger partial charge in [0.2, 0.25) is 0 Å². The van der Waals surface area contributed by atoms with Crippen molar-refractivity contribution in [1.29, 1.82) is 0 Å². The summed E-state index contributed by atoms with van der Waals surface area (Å²) in [6.45, 7) is 7.32. The highest BCUT2D eigenvalue weighted by molar-refractivity contribution is 7.92. The van der Waals surface area contributed by atoms with E-state index in [4.69, 9.17) is 4.74 Å². The summed E-state index contributed by atoms with van der Waals surface area (Å²) in [5, 5.41) is 11.8. The molecule has 174 valence electrons. The summed E-state index contributed by atoms with van der Waals surface area (Å²) in [6, 6.07) is 7.02. The summed E-state index contributed by atoms with van der Waals surface area (Å²) in [6.07, 6.45) is -1.00. The average Bonchev–Trinajstić information content (AvgIpc) is 2.63. The number of methoxy groups -OCH3 is 1. The maximum atomic E-state index is 13.2. The minimum Gasteiger partial charge on any atom is -0.481 e. The fraction of sp³-hybridized carbons (Fsp3) is 0.571. The number of ether oxygens (including phenoxy) is 2. The van der Waals surface area contributed by atoms with Crippen LogP contribution in [-0.4, -0.2) is 60.8 Å². The van der Waals surface area contributed by atoms with Crippen molar-refractivity contribution in [3.05, 3.63) is 35.9 Å². The van der Waals surface area contributed by atoms with Crippen molar-refractivity contribution in [1.82, 2.24) is 5.32 Å². The molecule has 0 aromatic heterocycles. The minimum atomic E-state index is -4.22. The van der Waals surface area contributed by atoms with Crippen molar-refractivity contribution < 1.29 is 37.4 Å². The van der Waals surface area contributed by atoms with Crippen LogP contribution in [0.25, 0.3) is 0 Å². The van der Waals surface area contributed by atoms with E-state index in [9.17, 15) is 27.9 Å². The van der Waals surface area contributed by atoms with Crippen molar-refractivity contribution in [2.24, 2.45) is 5.92 Å². The number of sulfone groups is 1. The van der Waals surface area contributed by atoms with Crippen LogP contribution in [-0.2, 0) is 35.3 Å². The van der Waals surface area contributed by atoms with Crippen LogP contribution in [0, 0.1) is 5.92 Å². The van der Waals surface area contributed by atoms with Crippen molar-refractivity contribution in [3.8, 4) is 0 Å². The van der Waals surface area contributed by atoms with Gasteiger partial charge < -0.3 is 19.9 Å². The summed E-state index contributed by atoms with van der Waals surface area (Å²) in [4.78, 5) is 36.3. The average molecular weight is 458 g/mol. The number of carboxylic acids is 1. The van der Waals surface area contributed by atoms with Crippen molar-refractivity contribution in [2.75, 3.05) is 12.9 Å². The molecule has 0 aliphatic rings. The highest BCUT2D eigenvalue weighted by Crippen LogP contribution is 2.27. The molecule has 0 saturated heterocycles. The molecule has 2 atom stereocenters. The second-order valence-electron chi connectivity index (χ2n) is 8.71. The monoisotopic (exact) mass is 457 g/mol. The Morgan fingerprint density at radius 2 is 1.61 bits per heavy atom. The number of amides is 1. The van der Waals surface area contributed by atoms with Gasteiger partial charge in [0.1, 0.15) is 11.6 Å². The van der Waals surface area contributed by atoms with Crippen LogP contribution in [0.4, 0.5) is 4.79 Å². The lowest BCUT2D eigenvalue weighted by molar-refractivity contribution is -0.144. The van der Waals surface area contributed by atoms with Crippen molar-refractivity contribution in [3.63, 3.8) is 0 Å². The molecule has 0 heterocycles. The first-order chi connectivity index (χ1) is 14.1. The lowest BCUT2D eigenvalue weighted by atomic mass is 10.0. The van der Waals surface area contributed by atoms with Crippen LogP contribution in [0.15, 0.2) is 30.3 Å². The van der Waals surface area contributed by atoms with Crippen LogP contribution in [0.3, 0.4) is 0 Å². The Kier molecular flexibility index (Phi) is 8.63. The minimum absolute atomic E-state index is 0.00608. The number of carbonyl (C=O) groups is 3. The Morgan fingerprint density at radius 3 is 2.06 bits per heavy atom. The summed E-state index contributed by atoms with van der Waals surface area (Å²) < 4.78 is 34.4. The Hall–Kier alpha value is -2.62. The van der Waals surface area contributed by atoms with Crippen LogP contribution in [0.2, 0.25) is 0 Å². The molecule has 0 aliphatic carbocycles. The summed E-state index contributed by atoms with van der Waals surface area (Å²) in [5.74, 6) is -4.24. The van der Waals surface area contributed by atoms with Gasteiger partial charge in [-0.2, -0.15) is 0 Å². The molecule has 0 spiro atoms. The summed E-state index contributed by atoms with van der Waals surface area (Å²) >= 11 is 0. The first-order valence-corrected chi connectivity index (χ1v) is 11.3. The number of esters is 1. The Bertz CT molecular complexity index is 888. The molecule has 9 nitrogen and oxygen atoms in total. The van der Waals surface area contributed by atoms with Gasteiger partial charge in [0.25, 0.3) is 0 Å². The molecule has 1 rings (SSSR count). The van der Waals surface area contributed by atoms with E-state index in [-0.39, 0.29) is 6.42 Å². The maximum Gasteiger partial charge on any atom is 0.408 e. The lowest BCUT2D eigenvalue weighted by Gasteiger charge is -2.33. The van der Waals surface area contributed by atoms with E-state index >= 15 is 0 Å². The molecule has 0 fully saturated rings. The van der Waals surface area contributed by atoms with Gasteiger partial charge in [-0.1, -0.05) is 30.3 Å². The van der Waals surface area contributed by atoms with Gasteiger partial charge in [0, 0.05) is 0 Å². The molecule has 0 aliphatic heterocycles. The lowest BCUT2D eigenvalue weighted by Crippen LogP contribution is -2.59. The van der Waals surface area contributed by atoms with E-state index in [0.29, 0.717) is 5.56 Å². The third-order valence-electron chi connectivity index (χ3n) is 4.69. The van der Waals surface area contributed by atoms with Gasteiger partial charge in [0.05, 0.1) is 23.5 Å². The zero-order chi connectivity index (χ0) is 24.0. The third kappa shape index (κ3) is 7.54. The number of benzene rings is 1. The van der Waals surface area contributed by atoms with E-state index in [2.05, 4.69) is 10.1 Å². The zero-order valence-corrected chi connectivity index (χ0v) is 19.5. The molecular weight excluding hydrogens is 426 g/mol. The van der Waals surface area contributed by atoms with E-state index in [1.165, 1.54) is 13.8 Å². The van der Waals surface area contributed by atoms with Gasteiger partial charge >= 0.3 is 18.0 Å². The molecule has 10 heteroatoms. The third-order valence-corrected chi connectivity index (χ3v) is 7.37. The molecule has 0 radical (unpaired) electrons. The number of carboxylic acid groups (broad SMARTS) is 1. The summed E-state index contributed by atoms with van der Waals surface area (Å²) in [5.41, 5.74) is -0.211. The topological polar surface area (TPSA) is 136 Å². The van der Waals surface area contributed by atoms with Gasteiger partial charge in [0.15, 0.2) is 9.84 Å². The highest BCUT2D eigenvalue weighted by Gasteiger charge is 2.49. The van der Waals surface area contributed by atoms with E-state index < -0.39 is 55.9 Å². The molecule has 0 saturated carbocycles. The maximum absolute atomic E-state index is 13.2. The smallest absolute Gasteiger partial charge is 0.408 e. The first kappa shape index (κ1) is 26.4. The molecule has 31 heavy (non-hydrogen) atoms. The van der Waals surface area contributed by atoms with Crippen molar-refractivity contribution in [2.45, 2.75) is 57.4 Å². The van der Waals surface area contributed by atoms with Crippen LogP contribution in [0.1, 0.15) is 40.2 Å². The highest BCUT2D eigenvalue weighted by atomic mass is 32.2. The number of hydrogen-bond acceptors (Lipinski definition) is 7.